The first-order chi connectivity index (χ1) is 16.1. The molecule has 0 saturated heterocycles. The van der Waals surface area contributed by atoms with Gasteiger partial charge in [-0.1, -0.05) is 87.9 Å². The zero-order valence-electron chi connectivity index (χ0n) is 19.6. The van der Waals surface area contributed by atoms with Crippen molar-refractivity contribution in [3.63, 3.8) is 0 Å². The summed E-state index contributed by atoms with van der Waals surface area (Å²) in [6, 6.07) is 26.2. The lowest BCUT2D eigenvalue weighted by molar-refractivity contribution is 0.0501. The second kappa shape index (κ2) is 8.42. The van der Waals surface area contributed by atoms with Crippen LogP contribution in [-0.2, 0) is 4.52 Å². The molecule has 1 fully saturated rings. The van der Waals surface area contributed by atoms with Crippen molar-refractivity contribution in [3.05, 3.63) is 72.8 Å². The molecule has 0 aromatic heterocycles. The minimum Gasteiger partial charge on any atom is -0.443 e. The zero-order valence-corrected chi connectivity index (χ0v) is 20.5. The quantitative estimate of drug-likeness (QED) is 0.289. The van der Waals surface area contributed by atoms with Crippen molar-refractivity contribution in [2.45, 2.75) is 46.1 Å². The highest BCUT2D eigenvalue weighted by Gasteiger charge is 2.38. The molecule has 168 valence electrons. The molecule has 1 heterocycles. The Balaban J connectivity index is 1.52. The van der Waals surface area contributed by atoms with E-state index >= 15 is 0 Å². The predicted molar refractivity (Wildman–Crippen MR) is 140 cm³/mol. The van der Waals surface area contributed by atoms with Gasteiger partial charge in [-0.3, -0.25) is 0 Å². The fraction of sp³-hybridized carbons (Fsp3) is 0.333. The van der Waals surface area contributed by atoms with Crippen LogP contribution in [0.25, 0.3) is 32.7 Å². The maximum atomic E-state index is 6.96. The standard InChI is InChI=1S/C30H31O2P/c1-19(2)23-15-12-20(3)18-27(23)32-33-28-17-14-22-9-5-7-11-25(22)30(28)29-24-10-6-4-8-21(24)13-16-26(29)31-33/h4-11,13-14,16-17,19-20,23,27H,12,15,18H2,1-3H3/t20-,23+,27-,33?/m0/s1. The Morgan fingerprint density at radius 3 is 2.21 bits per heavy atom. The molecule has 1 unspecified atom stereocenters. The van der Waals surface area contributed by atoms with Crippen molar-refractivity contribution < 1.29 is 9.05 Å². The summed E-state index contributed by atoms with van der Waals surface area (Å²) in [5.41, 5.74) is 2.50. The highest BCUT2D eigenvalue weighted by Crippen LogP contribution is 2.55. The number of fused-ring (bicyclic) bond motifs is 7. The summed E-state index contributed by atoms with van der Waals surface area (Å²) < 4.78 is 13.7. The first kappa shape index (κ1) is 21.1. The fourth-order valence-corrected chi connectivity index (χ4v) is 7.52. The molecule has 0 spiro atoms. The van der Waals surface area contributed by atoms with E-state index in [-0.39, 0.29) is 6.10 Å². The summed E-state index contributed by atoms with van der Waals surface area (Å²) in [5.74, 6) is 2.87. The van der Waals surface area contributed by atoms with Gasteiger partial charge < -0.3 is 9.05 Å². The molecule has 0 radical (unpaired) electrons. The Bertz CT molecular complexity index is 1330. The molecule has 4 atom stereocenters. The molecule has 2 nitrogen and oxygen atoms in total. The van der Waals surface area contributed by atoms with Crippen LogP contribution in [-0.4, -0.2) is 6.10 Å². The van der Waals surface area contributed by atoms with Crippen molar-refractivity contribution in [3.8, 4) is 16.9 Å². The predicted octanol–water partition coefficient (Wildman–Crippen LogP) is 8.47. The molecule has 0 N–H and O–H groups in total. The molecule has 0 amide bonds. The van der Waals surface area contributed by atoms with E-state index < -0.39 is 8.38 Å². The lowest BCUT2D eigenvalue weighted by Crippen LogP contribution is -2.34. The van der Waals surface area contributed by atoms with Crippen LogP contribution >= 0.6 is 8.38 Å². The van der Waals surface area contributed by atoms with E-state index in [1.54, 1.807) is 0 Å². The third-order valence-electron chi connectivity index (χ3n) is 7.62. The molecule has 3 heteroatoms. The zero-order chi connectivity index (χ0) is 22.5. The van der Waals surface area contributed by atoms with Gasteiger partial charge in [-0.2, -0.15) is 0 Å². The molecule has 33 heavy (non-hydrogen) atoms. The van der Waals surface area contributed by atoms with E-state index in [0.717, 1.165) is 12.2 Å². The smallest absolute Gasteiger partial charge is 0.266 e. The summed E-state index contributed by atoms with van der Waals surface area (Å²) >= 11 is 0. The lowest BCUT2D eigenvalue weighted by atomic mass is 9.75. The summed E-state index contributed by atoms with van der Waals surface area (Å²) in [5, 5.41) is 6.25. The average molecular weight is 455 g/mol. The fourth-order valence-electron chi connectivity index (χ4n) is 5.84. The van der Waals surface area contributed by atoms with Crippen LogP contribution < -0.4 is 9.83 Å². The molecular weight excluding hydrogens is 423 g/mol. The van der Waals surface area contributed by atoms with Crippen LogP contribution in [0.3, 0.4) is 0 Å². The van der Waals surface area contributed by atoms with Gasteiger partial charge in [0, 0.05) is 11.1 Å². The largest absolute Gasteiger partial charge is 0.443 e. The number of benzene rings is 4. The third-order valence-corrected chi connectivity index (χ3v) is 9.21. The first-order valence-electron chi connectivity index (χ1n) is 12.3. The first-order valence-corrected chi connectivity index (χ1v) is 13.5. The van der Waals surface area contributed by atoms with Gasteiger partial charge in [0.1, 0.15) is 5.75 Å². The number of rotatable bonds is 3. The van der Waals surface area contributed by atoms with E-state index in [1.165, 1.54) is 50.8 Å². The van der Waals surface area contributed by atoms with E-state index in [4.69, 9.17) is 9.05 Å². The number of hydrogen-bond donors (Lipinski definition) is 0. The van der Waals surface area contributed by atoms with E-state index in [1.807, 2.05) is 0 Å². The molecule has 6 rings (SSSR count). The Hall–Kier alpha value is -2.41. The van der Waals surface area contributed by atoms with Crippen LogP contribution in [0.2, 0.25) is 0 Å². The minimum atomic E-state index is -1.20. The topological polar surface area (TPSA) is 18.5 Å². The Morgan fingerprint density at radius 1 is 0.818 bits per heavy atom. The molecule has 4 aromatic carbocycles. The van der Waals surface area contributed by atoms with Gasteiger partial charge in [-0.15, -0.1) is 0 Å². The van der Waals surface area contributed by atoms with Gasteiger partial charge in [0.25, 0.3) is 8.38 Å². The SMILES string of the molecule is CC(C)[C@H]1CC[C@H](C)C[C@@H]1OP1Oc2ccc3ccccc3c2-c2c1ccc1ccccc21. The molecular formula is C30H31O2P. The Morgan fingerprint density at radius 2 is 1.48 bits per heavy atom. The maximum Gasteiger partial charge on any atom is 0.266 e. The highest BCUT2D eigenvalue weighted by atomic mass is 31.2. The molecule has 2 aliphatic rings. The van der Waals surface area contributed by atoms with Crippen molar-refractivity contribution in [1.82, 2.24) is 0 Å². The van der Waals surface area contributed by atoms with E-state index in [2.05, 4.69) is 93.6 Å². The van der Waals surface area contributed by atoms with Crippen molar-refractivity contribution in [1.29, 1.82) is 0 Å². The van der Waals surface area contributed by atoms with Crippen molar-refractivity contribution in [2.24, 2.45) is 17.8 Å². The molecule has 0 bridgehead atoms. The monoisotopic (exact) mass is 454 g/mol. The van der Waals surface area contributed by atoms with Crippen LogP contribution in [0.5, 0.6) is 5.75 Å². The van der Waals surface area contributed by atoms with Crippen molar-refractivity contribution in [2.75, 3.05) is 0 Å². The molecule has 1 aliphatic heterocycles. The van der Waals surface area contributed by atoms with Crippen LogP contribution in [0, 0.1) is 17.8 Å². The molecule has 1 aliphatic carbocycles. The minimum absolute atomic E-state index is 0.251. The van der Waals surface area contributed by atoms with Gasteiger partial charge in [0.15, 0.2) is 0 Å². The number of hydrogen-bond acceptors (Lipinski definition) is 2. The van der Waals surface area contributed by atoms with Crippen molar-refractivity contribution >= 4 is 35.2 Å². The van der Waals surface area contributed by atoms with E-state index in [0.29, 0.717) is 17.8 Å². The van der Waals surface area contributed by atoms with Gasteiger partial charge in [0.05, 0.1) is 11.4 Å². The van der Waals surface area contributed by atoms with Gasteiger partial charge >= 0.3 is 0 Å². The summed E-state index contributed by atoms with van der Waals surface area (Å²) in [6.07, 6.45) is 3.93. The Labute approximate surface area is 197 Å². The summed E-state index contributed by atoms with van der Waals surface area (Å²) in [6.45, 7) is 7.05. The van der Waals surface area contributed by atoms with Crippen LogP contribution in [0.1, 0.15) is 40.0 Å². The average Bonchev–Trinajstić information content (AvgIpc) is 2.83. The second-order valence-corrected chi connectivity index (χ2v) is 11.5. The van der Waals surface area contributed by atoms with Gasteiger partial charge in [0.2, 0.25) is 0 Å². The van der Waals surface area contributed by atoms with Crippen LogP contribution in [0.4, 0.5) is 0 Å². The molecule has 1 saturated carbocycles. The van der Waals surface area contributed by atoms with Crippen LogP contribution in [0.15, 0.2) is 72.8 Å². The highest BCUT2D eigenvalue weighted by molar-refractivity contribution is 7.57. The lowest BCUT2D eigenvalue weighted by Gasteiger charge is -2.39. The second-order valence-electron chi connectivity index (χ2n) is 10.2. The van der Waals surface area contributed by atoms with E-state index in [9.17, 15) is 0 Å². The van der Waals surface area contributed by atoms with Gasteiger partial charge in [-0.25, -0.2) is 0 Å². The third kappa shape index (κ3) is 3.65. The Kier molecular flexibility index (Phi) is 5.40. The summed E-state index contributed by atoms with van der Waals surface area (Å²) in [4.78, 5) is 0. The normalized spacial score (nSPS) is 24.5. The molecule has 4 aromatic rings. The summed E-state index contributed by atoms with van der Waals surface area (Å²) in [7, 11) is -1.20. The van der Waals surface area contributed by atoms with Gasteiger partial charge in [-0.05, 0) is 64.3 Å². The maximum absolute atomic E-state index is 6.96.